The van der Waals surface area contributed by atoms with Crippen LogP contribution >= 0.6 is 0 Å². The highest BCUT2D eigenvalue weighted by atomic mass is 16.5. The molecular weight excluding hydrogens is 480 g/mol. The molecule has 0 heterocycles. The minimum Gasteiger partial charge on any atom is -0.489 e. The van der Waals surface area contributed by atoms with E-state index in [1.54, 1.807) is 67.6 Å². The molecule has 0 aliphatic rings. The smallest absolute Gasteiger partial charge is 0.343 e. The molecule has 0 saturated carbocycles. The van der Waals surface area contributed by atoms with E-state index >= 15 is 0 Å². The SMILES string of the molecule is Cc1cccc(C(=O)Oc2ccc(/C=N\NC(=O)[C@H](C)Oc3ccc(OCc4ccccc4)cc3)cc2)c1. The number of aryl methyl sites for hydroxylation is 1. The van der Waals surface area contributed by atoms with Crippen LogP contribution in [-0.4, -0.2) is 24.2 Å². The number of carbonyl (C=O) groups is 2. The molecular formula is C31H28N2O5. The number of hydrogen-bond donors (Lipinski definition) is 1. The zero-order chi connectivity index (χ0) is 26.7. The first-order chi connectivity index (χ1) is 18.5. The molecule has 4 aromatic rings. The molecule has 0 bridgehead atoms. The van der Waals surface area contributed by atoms with Crippen molar-refractivity contribution >= 4 is 18.1 Å². The van der Waals surface area contributed by atoms with Gasteiger partial charge in [0.15, 0.2) is 6.10 Å². The van der Waals surface area contributed by atoms with Crippen LogP contribution in [0.1, 0.15) is 34.0 Å². The van der Waals surface area contributed by atoms with Gasteiger partial charge in [-0.05, 0) is 85.6 Å². The van der Waals surface area contributed by atoms with Crippen molar-refractivity contribution in [2.45, 2.75) is 26.6 Å². The largest absolute Gasteiger partial charge is 0.489 e. The molecule has 0 unspecified atom stereocenters. The standard InChI is InChI=1S/C31H28N2O5/c1-22-7-6-10-26(19-22)31(35)38-29-13-11-24(12-14-29)20-32-33-30(34)23(2)37-28-17-15-27(16-18-28)36-21-25-8-4-3-5-9-25/h3-20,23H,21H2,1-2H3,(H,33,34)/b32-20-/t23-/m0/s1. The molecule has 0 aromatic heterocycles. The Kier molecular flexibility index (Phi) is 8.86. The summed E-state index contributed by atoms with van der Waals surface area (Å²) in [4.78, 5) is 24.6. The van der Waals surface area contributed by atoms with E-state index in [0.717, 1.165) is 16.7 Å². The topological polar surface area (TPSA) is 86.2 Å². The minimum absolute atomic E-state index is 0.394. The maximum Gasteiger partial charge on any atom is 0.343 e. The van der Waals surface area contributed by atoms with Crippen LogP contribution < -0.4 is 19.6 Å². The van der Waals surface area contributed by atoms with Crippen molar-refractivity contribution in [1.82, 2.24) is 5.43 Å². The number of nitrogens with zero attached hydrogens (tertiary/aromatic N) is 1. The molecule has 38 heavy (non-hydrogen) atoms. The molecule has 4 rings (SSSR count). The van der Waals surface area contributed by atoms with E-state index in [2.05, 4.69) is 10.5 Å². The van der Waals surface area contributed by atoms with Crippen LogP contribution in [0.15, 0.2) is 108 Å². The zero-order valence-corrected chi connectivity index (χ0v) is 21.2. The van der Waals surface area contributed by atoms with Crippen molar-refractivity contribution in [2.24, 2.45) is 5.10 Å². The molecule has 0 radical (unpaired) electrons. The van der Waals surface area contributed by atoms with Gasteiger partial charge >= 0.3 is 5.97 Å². The first-order valence-electron chi connectivity index (χ1n) is 12.1. The van der Waals surface area contributed by atoms with Crippen molar-refractivity contribution in [3.8, 4) is 17.2 Å². The van der Waals surface area contributed by atoms with Crippen LogP contribution in [0.4, 0.5) is 0 Å². The second-order valence-electron chi connectivity index (χ2n) is 8.57. The molecule has 0 fully saturated rings. The Bertz CT molecular complexity index is 1380. The summed E-state index contributed by atoms with van der Waals surface area (Å²) in [6, 6.07) is 31.0. The lowest BCUT2D eigenvalue weighted by Crippen LogP contribution is -2.33. The van der Waals surface area contributed by atoms with E-state index in [0.29, 0.717) is 29.4 Å². The van der Waals surface area contributed by atoms with E-state index in [4.69, 9.17) is 14.2 Å². The van der Waals surface area contributed by atoms with Crippen molar-refractivity contribution < 1.29 is 23.8 Å². The molecule has 7 nitrogen and oxygen atoms in total. The van der Waals surface area contributed by atoms with Gasteiger partial charge in [-0.1, -0.05) is 48.0 Å². The number of hydrazone groups is 1. The maximum absolute atomic E-state index is 12.4. The number of rotatable bonds is 10. The Labute approximate surface area is 221 Å². The van der Waals surface area contributed by atoms with Crippen molar-refractivity contribution in [3.63, 3.8) is 0 Å². The van der Waals surface area contributed by atoms with Gasteiger partial charge in [0.25, 0.3) is 5.91 Å². The molecule has 0 spiro atoms. The molecule has 0 saturated heterocycles. The first kappa shape index (κ1) is 26.2. The van der Waals surface area contributed by atoms with Crippen LogP contribution in [0.25, 0.3) is 0 Å². The van der Waals surface area contributed by atoms with Gasteiger partial charge in [0.05, 0.1) is 11.8 Å². The Morgan fingerprint density at radius 3 is 2.24 bits per heavy atom. The average molecular weight is 509 g/mol. The highest BCUT2D eigenvalue weighted by Crippen LogP contribution is 2.20. The third kappa shape index (κ3) is 7.80. The quantitative estimate of drug-likeness (QED) is 0.128. The number of carbonyl (C=O) groups excluding carboxylic acids is 2. The number of benzene rings is 4. The van der Waals surface area contributed by atoms with E-state index in [1.165, 1.54) is 6.21 Å². The predicted molar refractivity (Wildman–Crippen MR) is 146 cm³/mol. The molecule has 1 N–H and O–H groups in total. The Morgan fingerprint density at radius 2 is 1.53 bits per heavy atom. The predicted octanol–water partition coefficient (Wildman–Crippen LogP) is 5.71. The van der Waals surface area contributed by atoms with Gasteiger partial charge in [-0.15, -0.1) is 0 Å². The second-order valence-corrected chi connectivity index (χ2v) is 8.57. The van der Waals surface area contributed by atoms with Crippen LogP contribution in [-0.2, 0) is 11.4 Å². The summed E-state index contributed by atoms with van der Waals surface area (Å²) >= 11 is 0. The molecule has 0 aliphatic carbocycles. The Hall–Kier alpha value is -4.91. The van der Waals surface area contributed by atoms with Gasteiger partial charge in [-0.3, -0.25) is 4.79 Å². The summed E-state index contributed by atoms with van der Waals surface area (Å²) in [5.41, 5.74) is 5.74. The normalized spacial score (nSPS) is 11.5. The fourth-order valence-electron chi connectivity index (χ4n) is 3.43. The van der Waals surface area contributed by atoms with E-state index in [9.17, 15) is 9.59 Å². The van der Waals surface area contributed by atoms with Gasteiger partial charge in [0, 0.05) is 0 Å². The number of hydrogen-bond acceptors (Lipinski definition) is 6. The van der Waals surface area contributed by atoms with E-state index in [1.807, 2.05) is 49.4 Å². The third-order valence-electron chi connectivity index (χ3n) is 5.49. The summed E-state index contributed by atoms with van der Waals surface area (Å²) in [6.45, 7) is 4.03. The summed E-state index contributed by atoms with van der Waals surface area (Å²) < 4.78 is 16.9. The molecule has 1 amide bonds. The Balaban J connectivity index is 1.21. The molecule has 0 aliphatic heterocycles. The van der Waals surface area contributed by atoms with Gasteiger partial charge in [0.1, 0.15) is 23.9 Å². The minimum atomic E-state index is -0.758. The molecule has 192 valence electrons. The summed E-state index contributed by atoms with van der Waals surface area (Å²) in [5.74, 6) is 0.842. The average Bonchev–Trinajstić information content (AvgIpc) is 2.94. The van der Waals surface area contributed by atoms with Crippen molar-refractivity contribution in [2.75, 3.05) is 0 Å². The lowest BCUT2D eigenvalue weighted by molar-refractivity contribution is -0.127. The molecule has 4 aromatic carbocycles. The molecule has 7 heteroatoms. The Morgan fingerprint density at radius 1 is 0.842 bits per heavy atom. The first-order valence-corrected chi connectivity index (χ1v) is 12.1. The third-order valence-corrected chi connectivity index (χ3v) is 5.49. The highest BCUT2D eigenvalue weighted by Gasteiger charge is 2.14. The molecule has 1 atom stereocenters. The lowest BCUT2D eigenvalue weighted by atomic mass is 10.1. The van der Waals surface area contributed by atoms with Gasteiger partial charge in [-0.2, -0.15) is 5.10 Å². The van der Waals surface area contributed by atoms with Gasteiger partial charge in [-0.25, -0.2) is 10.2 Å². The number of esters is 1. The van der Waals surface area contributed by atoms with E-state index < -0.39 is 18.0 Å². The zero-order valence-electron chi connectivity index (χ0n) is 21.2. The van der Waals surface area contributed by atoms with E-state index in [-0.39, 0.29) is 0 Å². The van der Waals surface area contributed by atoms with Crippen molar-refractivity contribution in [3.05, 3.63) is 125 Å². The van der Waals surface area contributed by atoms with Crippen molar-refractivity contribution in [1.29, 1.82) is 0 Å². The number of ether oxygens (including phenoxy) is 3. The van der Waals surface area contributed by atoms with Gasteiger partial charge in [0.2, 0.25) is 0 Å². The maximum atomic E-state index is 12.4. The monoisotopic (exact) mass is 508 g/mol. The fourth-order valence-corrected chi connectivity index (χ4v) is 3.43. The summed E-state index contributed by atoms with van der Waals surface area (Å²) in [5, 5.41) is 3.99. The summed E-state index contributed by atoms with van der Waals surface area (Å²) in [6.07, 6.45) is 0.738. The number of nitrogens with one attached hydrogen (secondary N) is 1. The van der Waals surface area contributed by atoms with Crippen LogP contribution in [0.3, 0.4) is 0 Å². The van der Waals surface area contributed by atoms with Crippen LogP contribution in [0.2, 0.25) is 0 Å². The fraction of sp³-hybridized carbons (Fsp3) is 0.129. The van der Waals surface area contributed by atoms with Crippen LogP contribution in [0, 0.1) is 6.92 Å². The number of amides is 1. The van der Waals surface area contributed by atoms with Crippen LogP contribution in [0.5, 0.6) is 17.2 Å². The second kappa shape index (κ2) is 12.9. The highest BCUT2D eigenvalue weighted by molar-refractivity contribution is 5.91. The summed E-state index contributed by atoms with van der Waals surface area (Å²) in [7, 11) is 0. The van der Waals surface area contributed by atoms with Gasteiger partial charge < -0.3 is 14.2 Å². The lowest BCUT2D eigenvalue weighted by Gasteiger charge is -2.13.